The van der Waals surface area contributed by atoms with Crippen LogP contribution in [0.1, 0.15) is 34.6 Å². The Bertz CT molecular complexity index is 201. The zero-order valence-electron chi connectivity index (χ0n) is 9.10. The number of hydrogen-bond acceptors (Lipinski definition) is 3. The largest absolute Gasteiger partial charge is 0.463 e. The molecule has 0 aliphatic rings. The summed E-state index contributed by atoms with van der Waals surface area (Å²) in [6, 6.07) is 0. The normalized spacial score (nSPS) is 12.5. The molecule has 0 saturated heterocycles. The van der Waals surface area contributed by atoms with Gasteiger partial charge in [0.1, 0.15) is 0 Å². The molecule has 0 radical (unpaired) electrons. The third-order valence-corrected chi connectivity index (χ3v) is 1.19. The van der Waals surface area contributed by atoms with Crippen molar-refractivity contribution in [1.82, 2.24) is 5.32 Å². The highest BCUT2D eigenvalue weighted by atomic mass is 16.5. The molecule has 0 spiro atoms. The maximum absolute atomic E-state index is 11.0. The summed E-state index contributed by atoms with van der Waals surface area (Å²) in [5, 5.41) is 3.17. The van der Waals surface area contributed by atoms with Crippen LogP contribution in [0.15, 0.2) is 11.8 Å². The van der Waals surface area contributed by atoms with E-state index < -0.39 is 0 Å². The predicted molar refractivity (Wildman–Crippen MR) is 53.3 cm³/mol. The molecule has 0 unspecified atom stereocenters. The van der Waals surface area contributed by atoms with Crippen molar-refractivity contribution in [3.05, 3.63) is 11.8 Å². The van der Waals surface area contributed by atoms with Gasteiger partial charge in [0.05, 0.1) is 6.61 Å². The zero-order chi connectivity index (χ0) is 10.5. The number of hydrogen-bond donors (Lipinski definition) is 1. The van der Waals surface area contributed by atoms with E-state index in [1.54, 1.807) is 6.92 Å². The van der Waals surface area contributed by atoms with E-state index in [-0.39, 0.29) is 11.5 Å². The molecule has 13 heavy (non-hydrogen) atoms. The Balaban J connectivity index is 4.09. The molecule has 0 aromatic heterocycles. The van der Waals surface area contributed by atoms with Gasteiger partial charge in [-0.15, -0.1) is 0 Å². The number of nitrogens with one attached hydrogen (secondary N) is 1. The van der Waals surface area contributed by atoms with Crippen LogP contribution in [0.4, 0.5) is 0 Å². The Morgan fingerprint density at radius 2 is 2.00 bits per heavy atom. The second-order valence-electron chi connectivity index (χ2n) is 3.95. The highest BCUT2D eigenvalue weighted by molar-refractivity contribution is 5.82. The van der Waals surface area contributed by atoms with Crippen molar-refractivity contribution in [2.45, 2.75) is 40.2 Å². The summed E-state index contributed by atoms with van der Waals surface area (Å²) in [7, 11) is 0. The van der Waals surface area contributed by atoms with Gasteiger partial charge in [-0.3, -0.25) is 0 Å². The fraction of sp³-hybridized carbons (Fsp3) is 0.700. The smallest absolute Gasteiger partial charge is 0.332 e. The summed E-state index contributed by atoms with van der Waals surface area (Å²) in [5.74, 6) is -0.295. The van der Waals surface area contributed by atoms with E-state index in [1.165, 1.54) is 6.08 Å². The summed E-state index contributed by atoms with van der Waals surface area (Å²) >= 11 is 0. The molecular formula is C10H19NO2. The van der Waals surface area contributed by atoms with Gasteiger partial charge in [0.15, 0.2) is 0 Å². The van der Waals surface area contributed by atoms with Crippen molar-refractivity contribution in [2.24, 2.45) is 0 Å². The lowest BCUT2D eigenvalue weighted by atomic mass is 10.1. The fourth-order valence-electron chi connectivity index (χ4n) is 0.988. The van der Waals surface area contributed by atoms with Crippen molar-refractivity contribution >= 4 is 5.97 Å². The van der Waals surface area contributed by atoms with E-state index in [1.807, 2.05) is 27.7 Å². The molecule has 1 N–H and O–H groups in total. The van der Waals surface area contributed by atoms with Crippen molar-refractivity contribution in [3.8, 4) is 0 Å². The topological polar surface area (TPSA) is 38.3 Å². The molecule has 0 aliphatic heterocycles. The third kappa shape index (κ3) is 7.37. The van der Waals surface area contributed by atoms with Crippen LogP contribution in [0.3, 0.4) is 0 Å². The van der Waals surface area contributed by atoms with Crippen LogP contribution in [-0.2, 0) is 9.53 Å². The highest BCUT2D eigenvalue weighted by Crippen LogP contribution is 2.02. The molecule has 0 saturated carbocycles. The van der Waals surface area contributed by atoms with Gasteiger partial charge in [0, 0.05) is 17.3 Å². The molecule has 3 heteroatoms. The number of carbonyl (C=O) groups is 1. The molecule has 3 nitrogen and oxygen atoms in total. The minimum Gasteiger partial charge on any atom is -0.463 e. The predicted octanol–water partition coefficient (Wildman–Crippen LogP) is 1.84. The molecule has 76 valence electrons. The number of carbonyl (C=O) groups excluding carboxylic acids is 1. The zero-order valence-corrected chi connectivity index (χ0v) is 9.10. The average Bonchev–Trinajstić information content (AvgIpc) is 1.81. The highest BCUT2D eigenvalue weighted by Gasteiger charge is 2.09. The number of allylic oxidation sites excluding steroid dienone is 1. The van der Waals surface area contributed by atoms with Gasteiger partial charge in [-0.05, 0) is 34.6 Å². The molecule has 0 amide bonds. The lowest BCUT2D eigenvalue weighted by Crippen LogP contribution is -2.34. The van der Waals surface area contributed by atoms with Gasteiger partial charge in [-0.1, -0.05) is 0 Å². The average molecular weight is 185 g/mol. The van der Waals surface area contributed by atoms with Crippen LogP contribution in [-0.4, -0.2) is 18.1 Å². The van der Waals surface area contributed by atoms with Crippen molar-refractivity contribution < 1.29 is 9.53 Å². The third-order valence-electron chi connectivity index (χ3n) is 1.19. The number of rotatable bonds is 3. The summed E-state index contributed by atoms with van der Waals surface area (Å²) in [4.78, 5) is 11.0. The van der Waals surface area contributed by atoms with E-state index in [9.17, 15) is 4.79 Å². The van der Waals surface area contributed by atoms with Crippen LogP contribution in [0.25, 0.3) is 0 Å². The van der Waals surface area contributed by atoms with Crippen LogP contribution in [0.2, 0.25) is 0 Å². The standard InChI is InChI=1S/C10H19NO2/c1-6-13-9(12)7-8(2)11-10(3,4)5/h7,11H,6H2,1-5H3/b8-7-. The van der Waals surface area contributed by atoms with Crippen molar-refractivity contribution in [1.29, 1.82) is 0 Å². The molecule has 0 aliphatic carbocycles. The molecule has 0 heterocycles. The molecule has 0 fully saturated rings. The summed E-state index contributed by atoms with van der Waals surface area (Å²) < 4.78 is 4.77. The molecule has 0 aromatic carbocycles. The molecule has 0 rings (SSSR count). The Labute approximate surface area is 80.2 Å². The van der Waals surface area contributed by atoms with Crippen LogP contribution in [0.5, 0.6) is 0 Å². The van der Waals surface area contributed by atoms with Gasteiger partial charge < -0.3 is 10.1 Å². The van der Waals surface area contributed by atoms with Gasteiger partial charge in [0.2, 0.25) is 0 Å². The number of ether oxygens (including phenoxy) is 1. The van der Waals surface area contributed by atoms with E-state index in [0.717, 1.165) is 5.70 Å². The Morgan fingerprint density at radius 1 is 1.46 bits per heavy atom. The first-order chi connectivity index (χ1) is 5.85. The first kappa shape index (κ1) is 12.0. The molecule has 0 aromatic rings. The minimum atomic E-state index is -0.295. The molecule has 0 atom stereocenters. The Morgan fingerprint density at radius 3 is 2.38 bits per heavy atom. The maximum Gasteiger partial charge on any atom is 0.332 e. The fourth-order valence-corrected chi connectivity index (χ4v) is 0.988. The summed E-state index contributed by atoms with van der Waals surface area (Å²) in [6.07, 6.45) is 1.47. The van der Waals surface area contributed by atoms with E-state index >= 15 is 0 Å². The van der Waals surface area contributed by atoms with Gasteiger partial charge in [-0.25, -0.2) is 4.79 Å². The molecular weight excluding hydrogens is 166 g/mol. The summed E-state index contributed by atoms with van der Waals surface area (Å²) in [5.41, 5.74) is 0.804. The quantitative estimate of drug-likeness (QED) is 0.538. The maximum atomic E-state index is 11.0. The number of esters is 1. The van der Waals surface area contributed by atoms with E-state index in [4.69, 9.17) is 4.74 Å². The Kier molecular flexibility index (Phi) is 4.52. The van der Waals surface area contributed by atoms with Crippen LogP contribution in [0, 0.1) is 0 Å². The van der Waals surface area contributed by atoms with Crippen molar-refractivity contribution in [2.75, 3.05) is 6.61 Å². The SMILES string of the molecule is CCOC(=O)/C=C(/C)NC(C)(C)C. The second-order valence-corrected chi connectivity index (χ2v) is 3.95. The van der Waals surface area contributed by atoms with Crippen molar-refractivity contribution in [3.63, 3.8) is 0 Å². The first-order valence-electron chi connectivity index (χ1n) is 4.48. The van der Waals surface area contributed by atoms with E-state index in [0.29, 0.717) is 6.61 Å². The van der Waals surface area contributed by atoms with Gasteiger partial charge in [0.25, 0.3) is 0 Å². The monoisotopic (exact) mass is 185 g/mol. The van der Waals surface area contributed by atoms with Crippen LogP contribution >= 0.6 is 0 Å². The van der Waals surface area contributed by atoms with Crippen LogP contribution < -0.4 is 5.32 Å². The van der Waals surface area contributed by atoms with Gasteiger partial charge >= 0.3 is 5.97 Å². The van der Waals surface area contributed by atoms with E-state index in [2.05, 4.69) is 5.32 Å². The first-order valence-corrected chi connectivity index (χ1v) is 4.48. The second kappa shape index (κ2) is 4.90. The Hall–Kier alpha value is -0.990. The van der Waals surface area contributed by atoms with Gasteiger partial charge in [-0.2, -0.15) is 0 Å². The lowest BCUT2D eigenvalue weighted by molar-refractivity contribution is -0.137. The lowest BCUT2D eigenvalue weighted by Gasteiger charge is -2.22. The minimum absolute atomic E-state index is 0.0208. The summed E-state index contributed by atoms with van der Waals surface area (Å²) in [6.45, 7) is 10.2. The molecule has 0 bridgehead atoms.